The van der Waals surface area contributed by atoms with Crippen LogP contribution in [0.3, 0.4) is 0 Å². The molecule has 9 heavy (non-hydrogen) atoms. The van der Waals surface area contributed by atoms with Gasteiger partial charge in [-0.2, -0.15) is 0 Å². The van der Waals surface area contributed by atoms with Crippen LogP contribution in [0.25, 0.3) is 0 Å². The second kappa shape index (κ2) is 2.05. The molecule has 1 rings (SSSR count). The molecule has 2 nitrogen and oxygen atoms in total. The lowest BCUT2D eigenvalue weighted by atomic mass is 10.0. The molecule has 0 aromatic heterocycles. The van der Waals surface area contributed by atoms with Gasteiger partial charge in [0.1, 0.15) is 5.76 Å². The molecule has 2 heteroatoms. The fourth-order valence-electron chi connectivity index (χ4n) is 0.750. The average Bonchev–Trinajstić information content (AvgIpc) is 1.80. The van der Waals surface area contributed by atoms with Gasteiger partial charge in [0, 0.05) is 6.42 Å². The van der Waals surface area contributed by atoms with Crippen molar-refractivity contribution in [2.45, 2.75) is 13.3 Å². The molecule has 0 amide bonds. The van der Waals surface area contributed by atoms with Gasteiger partial charge in [-0.25, -0.2) is 0 Å². The van der Waals surface area contributed by atoms with Crippen LogP contribution in [0.15, 0.2) is 23.5 Å². The van der Waals surface area contributed by atoms with Gasteiger partial charge in [0.05, 0.1) is 5.71 Å². The first-order valence-electron chi connectivity index (χ1n) is 2.84. The highest BCUT2D eigenvalue weighted by Gasteiger charge is 2.06. The Kier molecular flexibility index (Phi) is 1.39. The van der Waals surface area contributed by atoms with Crippen molar-refractivity contribution in [3.05, 3.63) is 23.5 Å². The third kappa shape index (κ3) is 1.19. The molecule has 0 fully saturated rings. The molecular weight excluding hydrogens is 114 g/mol. The lowest BCUT2D eigenvalue weighted by Gasteiger charge is -2.06. The zero-order valence-electron chi connectivity index (χ0n) is 5.31. The molecular formula is C7H9NO. The second-order valence-corrected chi connectivity index (χ2v) is 2.22. The molecule has 0 saturated heterocycles. The molecule has 0 spiro atoms. The molecule has 0 aromatic rings. The molecule has 0 bridgehead atoms. The SMILES string of the molecule is CC1=CC=C(O)C(=N)C1. The summed E-state index contributed by atoms with van der Waals surface area (Å²) in [6, 6.07) is 0. The van der Waals surface area contributed by atoms with Crippen molar-refractivity contribution in [3.63, 3.8) is 0 Å². The first kappa shape index (κ1) is 6.08. The Hall–Kier alpha value is -1.05. The number of aliphatic hydroxyl groups excluding tert-OH is 1. The van der Waals surface area contributed by atoms with E-state index in [9.17, 15) is 0 Å². The highest BCUT2D eigenvalue weighted by molar-refractivity contribution is 5.98. The van der Waals surface area contributed by atoms with Crippen molar-refractivity contribution >= 4 is 5.71 Å². The van der Waals surface area contributed by atoms with Gasteiger partial charge in [0.2, 0.25) is 0 Å². The molecule has 0 aliphatic heterocycles. The van der Waals surface area contributed by atoms with Crippen molar-refractivity contribution in [2.75, 3.05) is 0 Å². The Morgan fingerprint density at radius 1 is 1.56 bits per heavy atom. The molecule has 0 heterocycles. The fraction of sp³-hybridized carbons (Fsp3) is 0.286. The lowest BCUT2D eigenvalue weighted by Crippen LogP contribution is -2.04. The van der Waals surface area contributed by atoms with E-state index < -0.39 is 0 Å². The summed E-state index contributed by atoms with van der Waals surface area (Å²) in [5.41, 5.74) is 1.44. The van der Waals surface area contributed by atoms with Crippen LogP contribution in [-0.2, 0) is 0 Å². The Balaban J connectivity index is 2.86. The van der Waals surface area contributed by atoms with E-state index in [2.05, 4.69) is 0 Å². The van der Waals surface area contributed by atoms with E-state index in [-0.39, 0.29) is 5.76 Å². The molecule has 48 valence electrons. The monoisotopic (exact) mass is 123 g/mol. The van der Waals surface area contributed by atoms with Crippen molar-refractivity contribution in [2.24, 2.45) is 0 Å². The first-order chi connectivity index (χ1) is 4.20. The van der Waals surface area contributed by atoms with Crippen LogP contribution in [-0.4, -0.2) is 10.8 Å². The topological polar surface area (TPSA) is 44.1 Å². The van der Waals surface area contributed by atoms with Crippen molar-refractivity contribution in [1.29, 1.82) is 5.41 Å². The third-order valence-electron chi connectivity index (χ3n) is 1.29. The lowest BCUT2D eigenvalue weighted by molar-refractivity contribution is 0.440. The summed E-state index contributed by atoms with van der Waals surface area (Å²) >= 11 is 0. The van der Waals surface area contributed by atoms with Crippen LogP contribution < -0.4 is 0 Å². The average molecular weight is 123 g/mol. The quantitative estimate of drug-likeness (QED) is 0.506. The van der Waals surface area contributed by atoms with Crippen molar-refractivity contribution < 1.29 is 5.11 Å². The maximum absolute atomic E-state index is 8.89. The molecule has 0 atom stereocenters. The minimum atomic E-state index is 0.0978. The zero-order chi connectivity index (χ0) is 6.85. The summed E-state index contributed by atoms with van der Waals surface area (Å²) in [6.07, 6.45) is 3.97. The van der Waals surface area contributed by atoms with Crippen LogP contribution >= 0.6 is 0 Å². The van der Waals surface area contributed by atoms with E-state index in [0.717, 1.165) is 5.57 Å². The maximum Gasteiger partial charge on any atom is 0.136 e. The molecule has 0 radical (unpaired) electrons. The summed E-state index contributed by atoms with van der Waals surface area (Å²) < 4.78 is 0. The van der Waals surface area contributed by atoms with Gasteiger partial charge >= 0.3 is 0 Å². The first-order valence-corrected chi connectivity index (χ1v) is 2.84. The highest BCUT2D eigenvalue weighted by atomic mass is 16.3. The van der Waals surface area contributed by atoms with Crippen LogP contribution in [0.2, 0.25) is 0 Å². The predicted molar refractivity (Wildman–Crippen MR) is 36.8 cm³/mol. The smallest absolute Gasteiger partial charge is 0.136 e. The summed E-state index contributed by atoms with van der Waals surface area (Å²) in [5.74, 6) is 0.0978. The van der Waals surface area contributed by atoms with Crippen molar-refractivity contribution in [3.8, 4) is 0 Å². The molecule has 1 aliphatic rings. The second-order valence-electron chi connectivity index (χ2n) is 2.22. The van der Waals surface area contributed by atoms with Gasteiger partial charge in [0.15, 0.2) is 0 Å². The number of rotatable bonds is 0. The number of nitrogens with one attached hydrogen (secondary N) is 1. The normalized spacial score (nSPS) is 19.0. The Bertz CT molecular complexity index is 201. The highest BCUT2D eigenvalue weighted by Crippen LogP contribution is 2.11. The minimum Gasteiger partial charge on any atom is -0.506 e. The van der Waals surface area contributed by atoms with Gasteiger partial charge in [-0.3, -0.25) is 0 Å². The van der Waals surface area contributed by atoms with Gasteiger partial charge in [0.25, 0.3) is 0 Å². The summed E-state index contributed by atoms with van der Waals surface area (Å²) in [4.78, 5) is 0. The third-order valence-corrected chi connectivity index (χ3v) is 1.29. The van der Waals surface area contributed by atoms with Gasteiger partial charge < -0.3 is 10.5 Å². The van der Waals surface area contributed by atoms with Crippen LogP contribution in [0, 0.1) is 5.41 Å². The van der Waals surface area contributed by atoms with Gasteiger partial charge in [-0.1, -0.05) is 11.6 Å². The number of allylic oxidation sites excluding steroid dienone is 4. The molecule has 0 aromatic carbocycles. The van der Waals surface area contributed by atoms with E-state index in [1.807, 2.05) is 13.0 Å². The van der Waals surface area contributed by atoms with E-state index in [1.165, 1.54) is 0 Å². The maximum atomic E-state index is 8.89. The summed E-state index contributed by atoms with van der Waals surface area (Å²) in [7, 11) is 0. The largest absolute Gasteiger partial charge is 0.506 e. The molecule has 0 unspecified atom stereocenters. The van der Waals surface area contributed by atoms with E-state index >= 15 is 0 Å². The van der Waals surface area contributed by atoms with E-state index in [0.29, 0.717) is 12.1 Å². The number of hydrogen-bond donors (Lipinski definition) is 2. The van der Waals surface area contributed by atoms with Gasteiger partial charge in [-0.15, -0.1) is 0 Å². The Morgan fingerprint density at radius 2 is 2.22 bits per heavy atom. The zero-order valence-corrected chi connectivity index (χ0v) is 5.31. The molecule has 0 saturated carbocycles. The molecule has 1 aliphatic carbocycles. The van der Waals surface area contributed by atoms with Crippen LogP contribution in [0.5, 0.6) is 0 Å². The van der Waals surface area contributed by atoms with E-state index in [1.54, 1.807) is 6.08 Å². The Labute approximate surface area is 54.0 Å². The van der Waals surface area contributed by atoms with E-state index in [4.69, 9.17) is 10.5 Å². The minimum absolute atomic E-state index is 0.0978. The Morgan fingerprint density at radius 3 is 2.67 bits per heavy atom. The number of aliphatic hydroxyl groups is 1. The van der Waals surface area contributed by atoms with Crippen LogP contribution in [0.1, 0.15) is 13.3 Å². The van der Waals surface area contributed by atoms with Gasteiger partial charge in [-0.05, 0) is 13.0 Å². The van der Waals surface area contributed by atoms with Crippen LogP contribution in [0.4, 0.5) is 0 Å². The standard InChI is InChI=1S/C7H9NO/c1-5-2-3-7(9)6(8)4-5/h2-3,8-9H,4H2,1H3. The fourth-order valence-corrected chi connectivity index (χ4v) is 0.750. The van der Waals surface area contributed by atoms with Crippen molar-refractivity contribution in [1.82, 2.24) is 0 Å². The summed E-state index contributed by atoms with van der Waals surface area (Å²) in [5, 5.41) is 16.1. The number of hydrogen-bond acceptors (Lipinski definition) is 2. The molecule has 2 N–H and O–H groups in total. The predicted octanol–water partition coefficient (Wildman–Crippen LogP) is 1.80. The summed E-state index contributed by atoms with van der Waals surface area (Å²) in [6.45, 7) is 1.94.